The van der Waals surface area contributed by atoms with Crippen molar-refractivity contribution < 1.29 is 22.8 Å². The molecule has 2 unspecified atom stereocenters. The number of hydrogen-bond acceptors (Lipinski definition) is 3. The van der Waals surface area contributed by atoms with Crippen LogP contribution in [0.2, 0.25) is 5.02 Å². The van der Waals surface area contributed by atoms with Gasteiger partial charge in [-0.3, -0.25) is 9.78 Å². The molecule has 1 aliphatic heterocycles. The maximum atomic E-state index is 12.8. The Kier molecular flexibility index (Phi) is 5.97. The molecule has 154 valence electrons. The van der Waals surface area contributed by atoms with Gasteiger partial charge in [-0.05, 0) is 36.2 Å². The number of benzene rings is 1. The summed E-state index contributed by atoms with van der Waals surface area (Å²) < 4.78 is 38.5. The Labute approximate surface area is 170 Å². The van der Waals surface area contributed by atoms with Gasteiger partial charge < -0.3 is 15.5 Å². The maximum Gasteiger partial charge on any atom is 0.433 e. The molecule has 1 saturated heterocycles. The van der Waals surface area contributed by atoms with Crippen molar-refractivity contribution in [3.05, 3.63) is 64.4 Å². The lowest BCUT2D eigenvalue weighted by Gasteiger charge is -2.34. The van der Waals surface area contributed by atoms with E-state index in [2.05, 4.69) is 15.6 Å². The van der Waals surface area contributed by atoms with E-state index < -0.39 is 30.0 Å². The third kappa shape index (κ3) is 4.79. The summed E-state index contributed by atoms with van der Waals surface area (Å²) in [6.07, 6.45) is -3.48. The first kappa shape index (κ1) is 20.9. The van der Waals surface area contributed by atoms with Gasteiger partial charge in [-0.25, -0.2) is 4.79 Å². The highest BCUT2D eigenvalue weighted by Gasteiger charge is 2.33. The van der Waals surface area contributed by atoms with Crippen LogP contribution in [0.15, 0.2) is 42.6 Å². The summed E-state index contributed by atoms with van der Waals surface area (Å²) in [6, 6.07) is 6.74. The Hall–Kier alpha value is -2.81. The number of rotatable bonds is 3. The van der Waals surface area contributed by atoms with Crippen LogP contribution in [-0.2, 0) is 11.0 Å². The van der Waals surface area contributed by atoms with Gasteiger partial charge in [0, 0.05) is 24.3 Å². The Bertz CT molecular complexity index is 888. The first-order chi connectivity index (χ1) is 13.7. The van der Waals surface area contributed by atoms with Gasteiger partial charge in [0.05, 0.1) is 6.04 Å². The summed E-state index contributed by atoms with van der Waals surface area (Å²) in [6.45, 7) is 2.24. The minimum atomic E-state index is -4.56. The van der Waals surface area contributed by atoms with E-state index in [1.165, 1.54) is 11.0 Å². The quantitative estimate of drug-likeness (QED) is 0.790. The Morgan fingerprint density at radius 1 is 1.24 bits per heavy atom. The molecule has 0 saturated carbocycles. The highest BCUT2D eigenvalue weighted by Crippen LogP contribution is 2.29. The van der Waals surface area contributed by atoms with Crippen LogP contribution < -0.4 is 10.6 Å². The number of nitrogens with one attached hydrogen (secondary N) is 2. The number of amides is 3. The molecule has 3 rings (SSSR count). The smallest absolute Gasteiger partial charge is 0.353 e. The van der Waals surface area contributed by atoms with Crippen molar-refractivity contribution in [1.29, 1.82) is 0 Å². The van der Waals surface area contributed by atoms with Gasteiger partial charge in [-0.2, -0.15) is 13.2 Å². The molecule has 0 spiro atoms. The van der Waals surface area contributed by atoms with Gasteiger partial charge in [0.15, 0.2) is 0 Å². The summed E-state index contributed by atoms with van der Waals surface area (Å²) in [4.78, 5) is 29.5. The standard InChI is InChI=1S/C19H18ClF3N4O2/c1-11-17(28)24-8-9-27(11)18(29)26-16(12-2-5-14(20)6-3-12)13-4-7-15(25-10-13)19(21,22)23/h2-7,10-11,16H,8-9H2,1H3,(H,24,28)(H,26,29). The zero-order valence-electron chi connectivity index (χ0n) is 15.3. The van der Waals surface area contributed by atoms with Crippen LogP contribution in [0.5, 0.6) is 0 Å². The van der Waals surface area contributed by atoms with Crippen molar-refractivity contribution in [3.63, 3.8) is 0 Å². The second-order valence-electron chi connectivity index (χ2n) is 6.57. The molecule has 2 atom stereocenters. The van der Waals surface area contributed by atoms with Crippen LogP contribution in [0, 0.1) is 0 Å². The number of carbonyl (C=O) groups excluding carboxylic acids is 2. The van der Waals surface area contributed by atoms with E-state index in [9.17, 15) is 22.8 Å². The lowest BCUT2D eigenvalue weighted by Crippen LogP contribution is -2.58. The number of piperazine rings is 1. The highest BCUT2D eigenvalue weighted by atomic mass is 35.5. The topological polar surface area (TPSA) is 74.3 Å². The van der Waals surface area contributed by atoms with E-state index >= 15 is 0 Å². The molecular weight excluding hydrogens is 409 g/mol. The van der Waals surface area contributed by atoms with Crippen LogP contribution >= 0.6 is 11.6 Å². The van der Waals surface area contributed by atoms with Crippen molar-refractivity contribution in [3.8, 4) is 0 Å². The molecule has 2 N–H and O–H groups in total. The van der Waals surface area contributed by atoms with Gasteiger partial charge in [0.25, 0.3) is 0 Å². The second-order valence-corrected chi connectivity index (χ2v) is 7.01. The van der Waals surface area contributed by atoms with Gasteiger partial charge in [0.1, 0.15) is 11.7 Å². The first-order valence-corrected chi connectivity index (χ1v) is 9.18. The lowest BCUT2D eigenvalue weighted by atomic mass is 10.00. The normalized spacial score (nSPS) is 18.2. The molecule has 1 aromatic heterocycles. The third-order valence-electron chi connectivity index (χ3n) is 4.64. The van der Waals surface area contributed by atoms with Crippen LogP contribution in [0.1, 0.15) is 29.8 Å². The zero-order valence-corrected chi connectivity index (χ0v) is 16.1. The van der Waals surface area contributed by atoms with E-state index in [1.54, 1.807) is 31.2 Å². The molecule has 1 aliphatic rings. The van der Waals surface area contributed by atoms with E-state index in [4.69, 9.17) is 11.6 Å². The number of halogens is 4. The number of hydrogen-bond donors (Lipinski definition) is 2. The van der Waals surface area contributed by atoms with Crippen molar-refractivity contribution in [2.75, 3.05) is 13.1 Å². The van der Waals surface area contributed by atoms with E-state index in [0.29, 0.717) is 29.2 Å². The largest absolute Gasteiger partial charge is 0.433 e. The molecule has 0 radical (unpaired) electrons. The molecule has 6 nitrogen and oxygen atoms in total. The van der Waals surface area contributed by atoms with Crippen molar-refractivity contribution in [1.82, 2.24) is 20.5 Å². The van der Waals surface area contributed by atoms with Crippen LogP contribution in [-0.4, -0.2) is 41.0 Å². The summed E-state index contributed by atoms with van der Waals surface area (Å²) in [7, 11) is 0. The van der Waals surface area contributed by atoms with Crippen LogP contribution in [0.3, 0.4) is 0 Å². The minimum Gasteiger partial charge on any atom is -0.353 e. The van der Waals surface area contributed by atoms with Gasteiger partial charge >= 0.3 is 12.2 Å². The fourth-order valence-electron chi connectivity index (χ4n) is 3.02. The second kappa shape index (κ2) is 8.28. The average Bonchev–Trinajstić information content (AvgIpc) is 2.68. The third-order valence-corrected chi connectivity index (χ3v) is 4.89. The van der Waals surface area contributed by atoms with Crippen molar-refractivity contribution in [2.45, 2.75) is 25.2 Å². The first-order valence-electron chi connectivity index (χ1n) is 8.80. The van der Waals surface area contributed by atoms with Crippen LogP contribution in [0.25, 0.3) is 0 Å². The summed E-state index contributed by atoms with van der Waals surface area (Å²) in [5.74, 6) is -0.273. The number of pyridine rings is 1. The van der Waals surface area contributed by atoms with E-state index in [0.717, 1.165) is 12.3 Å². The van der Waals surface area contributed by atoms with Gasteiger partial charge in [-0.1, -0.05) is 29.8 Å². The molecule has 10 heteroatoms. The fourth-order valence-corrected chi connectivity index (χ4v) is 3.15. The molecule has 1 aromatic carbocycles. The molecule has 1 fully saturated rings. The zero-order chi connectivity index (χ0) is 21.2. The monoisotopic (exact) mass is 426 g/mol. The number of urea groups is 1. The van der Waals surface area contributed by atoms with Crippen LogP contribution in [0.4, 0.5) is 18.0 Å². The minimum absolute atomic E-state index is 0.273. The SMILES string of the molecule is CC1C(=O)NCCN1C(=O)NC(c1ccc(Cl)cc1)c1ccc(C(F)(F)F)nc1. The molecule has 0 bridgehead atoms. The molecule has 3 amide bonds. The lowest BCUT2D eigenvalue weighted by molar-refractivity contribution is -0.141. The number of carbonyl (C=O) groups is 2. The Morgan fingerprint density at radius 3 is 2.48 bits per heavy atom. The molecule has 2 aromatic rings. The number of alkyl halides is 3. The summed E-state index contributed by atoms with van der Waals surface area (Å²) in [5.41, 5.74) is -0.0510. The fraction of sp³-hybridized carbons (Fsp3) is 0.316. The predicted octanol–water partition coefficient (Wildman–Crippen LogP) is 3.37. The van der Waals surface area contributed by atoms with Crippen molar-refractivity contribution in [2.24, 2.45) is 0 Å². The maximum absolute atomic E-state index is 12.8. The van der Waals surface area contributed by atoms with Gasteiger partial charge in [-0.15, -0.1) is 0 Å². The van der Waals surface area contributed by atoms with Crippen molar-refractivity contribution >= 4 is 23.5 Å². The average molecular weight is 427 g/mol. The summed E-state index contributed by atoms with van der Waals surface area (Å²) >= 11 is 5.92. The Morgan fingerprint density at radius 2 is 1.90 bits per heavy atom. The van der Waals surface area contributed by atoms with Gasteiger partial charge in [0.2, 0.25) is 5.91 Å². The Balaban J connectivity index is 1.90. The van der Waals surface area contributed by atoms with E-state index in [-0.39, 0.29) is 5.91 Å². The number of aromatic nitrogens is 1. The highest BCUT2D eigenvalue weighted by molar-refractivity contribution is 6.30. The van der Waals surface area contributed by atoms with E-state index in [1.807, 2.05) is 0 Å². The molecular formula is C19H18ClF3N4O2. The molecule has 0 aliphatic carbocycles. The molecule has 2 heterocycles. The summed E-state index contributed by atoms with van der Waals surface area (Å²) in [5, 5.41) is 5.94. The molecule has 29 heavy (non-hydrogen) atoms. The number of nitrogens with zero attached hydrogens (tertiary/aromatic N) is 2. The predicted molar refractivity (Wildman–Crippen MR) is 100 cm³/mol.